The van der Waals surface area contributed by atoms with Crippen LogP contribution in [0.5, 0.6) is 5.75 Å². The molecule has 0 heterocycles. The van der Waals surface area contributed by atoms with Crippen molar-refractivity contribution in [1.82, 2.24) is 5.32 Å². The first-order chi connectivity index (χ1) is 11.4. The first-order valence-electron chi connectivity index (χ1n) is 7.53. The number of aryl methyl sites for hydroxylation is 1. The fourth-order valence-corrected chi connectivity index (χ4v) is 2.74. The molecular weight excluding hydrogens is 388 g/mol. The van der Waals surface area contributed by atoms with E-state index in [9.17, 15) is 4.79 Å². The molecule has 0 aliphatic carbocycles. The van der Waals surface area contributed by atoms with Crippen molar-refractivity contribution in [3.63, 3.8) is 0 Å². The van der Waals surface area contributed by atoms with E-state index in [1.165, 1.54) is 0 Å². The van der Waals surface area contributed by atoms with Gasteiger partial charge in [-0.15, -0.1) is 0 Å². The lowest BCUT2D eigenvalue weighted by Gasteiger charge is -2.14. The number of thiocarbonyl (C=S) groups is 1. The van der Waals surface area contributed by atoms with E-state index in [0.717, 1.165) is 21.3 Å². The largest absolute Gasteiger partial charge is 0.493 e. The average molecular weight is 407 g/mol. The van der Waals surface area contributed by atoms with E-state index in [1.54, 1.807) is 12.1 Å². The fourth-order valence-electron chi connectivity index (χ4n) is 2.17. The minimum atomic E-state index is -0.317. The van der Waals surface area contributed by atoms with E-state index in [-0.39, 0.29) is 11.0 Å². The number of halogens is 1. The molecule has 2 aromatic rings. The molecule has 1 amide bonds. The number of carbonyl (C=O) groups is 1. The van der Waals surface area contributed by atoms with Crippen LogP contribution in [-0.4, -0.2) is 17.6 Å². The lowest BCUT2D eigenvalue weighted by Crippen LogP contribution is -2.34. The molecule has 0 spiro atoms. The van der Waals surface area contributed by atoms with Gasteiger partial charge in [-0.05, 0) is 68.4 Å². The second-order valence-electron chi connectivity index (χ2n) is 5.23. The maximum Gasteiger partial charge on any atom is 0.261 e. The van der Waals surface area contributed by atoms with Gasteiger partial charge in [0.2, 0.25) is 0 Å². The van der Waals surface area contributed by atoms with Crippen LogP contribution in [0.3, 0.4) is 0 Å². The lowest BCUT2D eigenvalue weighted by molar-refractivity contribution is 0.0974. The van der Waals surface area contributed by atoms with Crippen molar-refractivity contribution in [3.8, 4) is 5.75 Å². The molecule has 0 bridgehead atoms. The third-order valence-corrected chi connectivity index (χ3v) is 4.26. The number of benzene rings is 2. The predicted molar refractivity (Wildman–Crippen MR) is 105 cm³/mol. The summed E-state index contributed by atoms with van der Waals surface area (Å²) in [6.07, 6.45) is 0. The summed E-state index contributed by atoms with van der Waals surface area (Å²) in [7, 11) is 0. The van der Waals surface area contributed by atoms with Crippen molar-refractivity contribution in [2.45, 2.75) is 20.8 Å². The Balaban J connectivity index is 2.13. The zero-order valence-corrected chi connectivity index (χ0v) is 16.2. The molecule has 0 unspecified atom stereocenters. The molecule has 0 aromatic heterocycles. The molecule has 0 aliphatic heterocycles. The quantitative estimate of drug-likeness (QED) is 0.728. The van der Waals surface area contributed by atoms with Gasteiger partial charge in [-0.1, -0.05) is 28.1 Å². The Hall–Kier alpha value is -1.92. The van der Waals surface area contributed by atoms with E-state index in [0.29, 0.717) is 17.9 Å². The second-order valence-corrected chi connectivity index (χ2v) is 6.55. The zero-order chi connectivity index (χ0) is 17.7. The van der Waals surface area contributed by atoms with E-state index < -0.39 is 0 Å². The summed E-state index contributed by atoms with van der Waals surface area (Å²) in [5.41, 5.74) is 3.54. The van der Waals surface area contributed by atoms with Crippen LogP contribution in [0.4, 0.5) is 5.69 Å². The highest BCUT2D eigenvalue weighted by Crippen LogP contribution is 2.23. The van der Waals surface area contributed by atoms with Gasteiger partial charge in [-0.3, -0.25) is 10.1 Å². The van der Waals surface area contributed by atoms with Crippen molar-refractivity contribution in [3.05, 3.63) is 57.6 Å². The number of hydrogen-bond acceptors (Lipinski definition) is 3. The Morgan fingerprint density at radius 2 is 2.00 bits per heavy atom. The summed E-state index contributed by atoms with van der Waals surface area (Å²) in [4.78, 5) is 12.5. The van der Waals surface area contributed by atoms with Gasteiger partial charge in [0.05, 0.1) is 12.2 Å². The van der Waals surface area contributed by atoms with Crippen LogP contribution < -0.4 is 15.4 Å². The fraction of sp³-hybridized carbons (Fsp3) is 0.222. The molecule has 0 saturated carbocycles. The summed E-state index contributed by atoms with van der Waals surface area (Å²) in [5.74, 6) is 0.204. The van der Waals surface area contributed by atoms with Crippen molar-refractivity contribution >= 4 is 44.9 Å². The Labute approximate surface area is 155 Å². The molecule has 126 valence electrons. The van der Waals surface area contributed by atoms with E-state index >= 15 is 0 Å². The molecule has 0 aliphatic rings. The first-order valence-corrected chi connectivity index (χ1v) is 8.73. The van der Waals surface area contributed by atoms with Crippen molar-refractivity contribution in [2.75, 3.05) is 11.9 Å². The Bertz CT molecular complexity index is 778. The van der Waals surface area contributed by atoms with Gasteiger partial charge in [0, 0.05) is 10.2 Å². The minimum Gasteiger partial charge on any atom is -0.493 e. The average Bonchev–Trinajstić information content (AvgIpc) is 2.53. The third-order valence-electron chi connectivity index (χ3n) is 3.57. The summed E-state index contributed by atoms with van der Waals surface area (Å²) >= 11 is 8.63. The molecule has 0 atom stereocenters. The van der Waals surface area contributed by atoms with Gasteiger partial charge in [0.15, 0.2) is 5.11 Å². The maximum absolute atomic E-state index is 12.5. The number of hydrogen-bond donors (Lipinski definition) is 2. The minimum absolute atomic E-state index is 0.246. The number of carbonyl (C=O) groups excluding carboxylic acids is 1. The molecule has 0 fully saturated rings. The third kappa shape index (κ3) is 4.55. The maximum atomic E-state index is 12.5. The van der Waals surface area contributed by atoms with Gasteiger partial charge in [-0.25, -0.2) is 0 Å². The highest BCUT2D eigenvalue weighted by atomic mass is 79.9. The van der Waals surface area contributed by atoms with Gasteiger partial charge >= 0.3 is 0 Å². The second kappa shape index (κ2) is 8.26. The monoisotopic (exact) mass is 406 g/mol. The standard InChI is InChI=1S/C18H19BrN2O2S/c1-4-23-16-9-8-13(19)10-14(16)17(22)21-18(24)20-15-7-5-6-11(2)12(15)3/h5-10H,4H2,1-3H3,(H2,20,21,22,24). The van der Waals surface area contributed by atoms with Crippen molar-refractivity contribution in [1.29, 1.82) is 0 Å². The predicted octanol–water partition coefficient (Wildman–Crippen LogP) is 4.59. The Morgan fingerprint density at radius 1 is 1.25 bits per heavy atom. The summed E-state index contributed by atoms with van der Waals surface area (Å²) in [5, 5.41) is 6.01. The Morgan fingerprint density at radius 3 is 2.71 bits per heavy atom. The molecule has 24 heavy (non-hydrogen) atoms. The van der Waals surface area contributed by atoms with Crippen LogP contribution in [0.1, 0.15) is 28.4 Å². The topological polar surface area (TPSA) is 50.4 Å². The van der Waals surface area contributed by atoms with Crippen LogP contribution in [-0.2, 0) is 0 Å². The van der Waals surface area contributed by atoms with Crippen LogP contribution in [0.2, 0.25) is 0 Å². The number of ether oxygens (including phenoxy) is 1. The van der Waals surface area contributed by atoms with Crippen LogP contribution in [0, 0.1) is 13.8 Å². The molecular formula is C18H19BrN2O2S. The van der Waals surface area contributed by atoms with E-state index in [2.05, 4.69) is 26.6 Å². The number of anilines is 1. The first kappa shape index (κ1) is 18.4. The van der Waals surface area contributed by atoms with Crippen LogP contribution in [0.25, 0.3) is 0 Å². The number of rotatable bonds is 4. The molecule has 2 aromatic carbocycles. The van der Waals surface area contributed by atoms with Gasteiger partial charge in [-0.2, -0.15) is 0 Å². The van der Waals surface area contributed by atoms with Gasteiger partial charge in [0.1, 0.15) is 5.75 Å². The normalized spacial score (nSPS) is 10.2. The van der Waals surface area contributed by atoms with Gasteiger partial charge in [0.25, 0.3) is 5.91 Å². The lowest BCUT2D eigenvalue weighted by atomic mass is 10.1. The number of amides is 1. The zero-order valence-electron chi connectivity index (χ0n) is 13.8. The summed E-state index contributed by atoms with van der Waals surface area (Å²) < 4.78 is 6.30. The summed E-state index contributed by atoms with van der Waals surface area (Å²) in [6.45, 7) is 6.38. The van der Waals surface area contributed by atoms with Crippen molar-refractivity contribution < 1.29 is 9.53 Å². The molecule has 2 N–H and O–H groups in total. The van der Waals surface area contributed by atoms with E-state index in [1.807, 2.05) is 45.0 Å². The molecule has 6 heteroatoms. The molecule has 0 radical (unpaired) electrons. The molecule has 4 nitrogen and oxygen atoms in total. The van der Waals surface area contributed by atoms with Crippen molar-refractivity contribution in [2.24, 2.45) is 0 Å². The van der Waals surface area contributed by atoms with Gasteiger partial charge < -0.3 is 10.1 Å². The molecule has 0 saturated heterocycles. The SMILES string of the molecule is CCOc1ccc(Br)cc1C(=O)NC(=S)Nc1cccc(C)c1C. The highest BCUT2D eigenvalue weighted by molar-refractivity contribution is 9.10. The summed E-state index contributed by atoms with van der Waals surface area (Å²) in [6, 6.07) is 11.2. The van der Waals surface area contributed by atoms with Crippen LogP contribution >= 0.6 is 28.1 Å². The Kier molecular flexibility index (Phi) is 6.34. The smallest absolute Gasteiger partial charge is 0.261 e. The molecule has 2 rings (SSSR count). The van der Waals surface area contributed by atoms with Crippen LogP contribution in [0.15, 0.2) is 40.9 Å². The van der Waals surface area contributed by atoms with E-state index in [4.69, 9.17) is 17.0 Å². The number of nitrogens with one attached hydrogen (secondary N) is 2. The highest BCUT2D eigenvalue weighted by Gasteiger charge is 2.15.